The number of hydrogen-bond donors (Lipinski definition) is 0. The molecule has 0 heteroatoms. The van der Waals surface area contributed by atoms with Gasteiger partial charge < -0.3 is 0 Å². The predicted octanol–water partition coefficient (Wildman–Crippen LogP) is 8.17. The number of benzene rings is 2. The molecule has 5 rings (SSSR count). The molecule has 1 atom stereocenters. The topological polar surface area (TPSA) is 0 Å². The Hall–Kier alpha value is -3.52. The van der Waals surface area contributed by atoms with Crippen LogP contribution in [0, 0.1) is 41.9 Å². The van der Waals surface area contributed by atoms with Crippen LogP contribution in [-0.2, 0) is 0 Å². The van der Waals surface area contributed by atoms with E-state index in [9.17, 15) is 0 Å². The van der Waals surface area contributed by atoms with Gasteiger partial charge in [0.05, 0.1) is 17.8 Å². The van der Waals surface area contributed by atoms with Gasteiger partial charge in [-0.25, -0.2) is 0 Å². The standard InChI is InChI=1S/C34H30/c1-7-27-28(8-2)30(24-11-15-26(16-12-24)34-20-32(34)22(5)6)18-17-29(27)23-9-13-25(14-10-23)33-19-31(33)21(3)4/h1,9-22,27H,2H2,3-6H3. The first-order chi connectivity index (χ1) is 16.4. The van der Waals surface area contributed by atoms with E-state index in [1.54, 1.807) is 0 Å². The second kappa shape index (κ2) is 8.68. The lowest BCUT2D eigenvalue weighted by atomic mass is 9.78. The van der Waals surface area contributed by atoms with E-state index >= 15 is 0 Å². The number of allylic oxidation sites excluding steroid dienone is 9. The third-order valence-electron chi connectivity index (χ3n) is 7.01. The summed E-state index contributed by atoms with van der Waals surface area (Å²) in [7, 11) is 0. The molecule has 1 unspecified atom stereocenters. The second-order valence-corrected chi connectivity index (χ2v) is 9.88. The predicted molar refractivity (Wildman–Crippen MR) is 144 cm³/mol. The molecule has 0 fully saturated rings. The Labute approximate surface area is 204 Å². The van der Waals surface area contributed by atoms with Gasteiger partial charge in [0.25, 0.3) is 0 Å². The van der Waals surface area contributed by atoms with E-state index in [0.29, 0.717) is 11.8 Å². The van der Waals surface area contributed by atoms with Gasteiger partial charge in [0.2, 0.25) is 0 Å². The third kappa shape index (κ3) is 3.98. The normalized spacial score (nSPS) is 19.8. The lowest BCUT2D eigenvalue weighted by molar-refractivity contribution is 0.801. The molecular weight excluding hydrogens is 408 g/mol. The lowest BCUT2D eigenvalue weighted by Crippen LogP contribution is -2.10. The molecule has 0 bridgehead atoms. The van der Waals surface area contributed by atoms with Crippen LogP contribution in [0.25, 0.3) is 11.1 Å². The maximum atomic E-state index is 6.06. The summed E-state index contributed by atoms with van der Waals surface area (Å²) in [6.07, 6.45) is 15.0. The average Bonchev–Trinajstić information content (AvgIpc) is 3.76. The van der Waals surface area contributed by atoms with Gasteiger partial charge >= 0.3 is 0 Å². The first-order valence-electron chi connectivity index (χ1n) is 12.1. The number of terminal acetylenes is 1. The van der Waals surface area contributed by atoms with Gasteiger partial charge in [-0.1, -0.05) is 124 Å². The molecule has 0 spiro atoms. The van der Waals surface area contributed by atoms with Gasteiger partial charge in [-0.3, -0.25) is 0 Å². The first kappa shape index (κ1) is 22.3. The van der Waals surface area contributed by atoms with Crippen molar-refractivity contribution in [1.82, 2.24) is 0 Å². The fraction of sp³-hybridized carbons (Fsp3) is 0.206. The molecule has 0 aromatic heterocycles. The highest BCUT2D eigenvalue weighted by molar-refractivity contribution is 5.91. The minimum Gasteiger partial charge on any atom is -0.123 e. The second-order valence-electron chi connectivity index (χ2n) is 9.88. The quantitative estimate of drug-likeness (QED) is 0.315. The molecule has 2 radical (unpaired) electrons. The molecule has 3 aliphatic carbocycles. The average molecular weight is 439 g/mol. The van der Waals surface area contributed by atoms with Gasteiger partial charge in [-0.2, -0.15) is 0 Å². The zero-order valence-electron chi connectivity index (χ0n) is 20.4. The highest BCUT2D eigenvalue weighted by Gasteiger charge is 2.31. The largest absolute Gasteiger partial charge is 0.123 e. The Kier molecular flexibility index (Phi) is 5.69. The zero-order chi connectivity index (χ0) is 24.0. The van der Waals surface area contributed by atoms with E-state index in [2.05, 4.69) is 119 Å². The van der Waals surface area contributed by atoms with Crippen molar-refractivity contribution in [2.24, 2.45) is 17.8 Å². The monoisotopic (exact) mass is 438 g/mol. The molecule has 166 valence electrons. The summed E-state index contributed by atoms with van der Waals surface area (Å²) in [5.74, 6) is 6.75. The molecule has 0 aliphatic heterocycles. The molecule has 0 saturated heterocycles. The Morgan fingerprint density at radius 1 is 0.706 bits per heavy atom. The summed E-state index contributed by atoms with van der Waals surface area (Å²) < 4.78 is 0. The fourth-order valence-corrected chi connectivity index (χ4v) is 4.92. The molecule has 0 N–H and O–H groups in total. The van der Waals surface area contributed by atoms with Crippen LogP contribution in [0.5, 0.6) is 0 Å². The highest BCUT2D eigenvalue weighted by atomic mass is 14.3. The van der Waals surface area contributed by atoms with Crippen LogP contribution in [0.4, 0.5) is 0 Å². The van der Waals surface area contributed by atoms with E-state index in [0.717, 1.165) is 27.8 Å². The van der Waals surface area contributed by atoms with Crippen molar-refractivity contribution >= 4 is 11.1 Å². The van der Waals surface area contributed by atoms with E-state index in [1.165, 1.54) is 34.1 Å². The van der Waals surface area contributed by atoms with Crippen LogP contribution in [0.15, 0.2) is 102 Å². The lowest BCUT2D eigenvalue weighted by Gasteiger charge is -2.24. The number of hydrogen-bond acceptors (Lipinski definition) is 0. The van der Waals surface area contributed by atoms with Crippen molar-refractivity contribution in [1.29, 1.82) is 0 Å². The fourth-order valence-electron chi connectivity index (χ4n) is 4.92. The molecular formula is C34H30. The highest BCUT2D eigenvalue weighted by Crippen LogP contribution is 2.45. The Bertz CT molecular complexity index is 1330. The van der Waals surface area contributed by atoms with Gasteiger partial charge in [0.15, 0.2) is 0 Å². The SMILES string of the molecule is C#CC1C(=C=C)C(c2ccc([C]3C=C3C(C)C)cc2)=CC=C1c1ccc([C]2C=C2C(C)C)cc1. The zero-order valence-corrected chi connectivity index (χ0v) is 20.4. The van der Waals surface area contributed by atoms with Crippen LogP contribution in [0.1, 0.15) is 49.9 Å². The molecule has 0 amide bonds. The summed E-state index contributed by atoms with van der Waals surface area (Å²) >= 11 is 0. The molecule has 0 saturated carbocycles. The number of rotatable bonds is 6. The van der Waals surface area contributed by atoms with Gasteiger partial charge in [0.1, 0.15) is 0 Å². The Morgan fingerprint density at radius 3 is 1.59 bits per heavy atom. The van der Waals surface area contributed by atoms with Crippen LogP contribution < -0.4 is 0 Å². The maximum Gasteiger partial charge on any atom is 0.0783 e. The maximum absolute atomic E-state index is 6.06. The van der Waals surface area contributed by atoms with E-state index in [4.69, 9.17) is 6.42 Å². The summed E-state index contributed by atoms with van der Waals surface area (Å²) in [5.41, 5.74) is 14.1. The van der Waals surface area contributed by atoms with Crippen molar-refractivity contribution in [3.63, 3.8) is 0 Å². The van der Waals surface area contributed by atoms with Crippen LogP contribution in [-0.4, -0.2) is 0 Å². The van der Waals surface area contributed by atoms with E-state index in [-0.39, 0.29) is 5.92 Å². The van der Waals surface area contributed by atoms with Gasteiger partial charge in [0, 0.05) is 5.57 Å². The minimum absolute atomic E-state index is 0.173. The Balaban J connectivity index is 1.40. The summed E-state index contributed by atoms with van der Waals surface area (Å²) in [5, 5.41) is 0. The smallest absolute Gasteiger partial charge is 0.0783 e. The summed E-state index contributed by atoms with van der Waals surface area (Å²) in [6.45, 7) is 12.9. The van der Waals surface area contributed by atoms with Crippen LogP contribution >= 0.6 is 0 Å². The molecule has 34 heavy (non-hydrogen) atoms. The van der Waals surface area contributed by atoms with E-state index < -0.39 is 0 Å². The van der Waals surface area contributed by atoms with Crippen LogP contribution in [0.3, 0.4) is 0 Å². The molecule has 0 nitrogen and oxygen atoms in total. The molecule has 2 aromatic rings. The van der Waals surface area contributed by atoms with Crippen LogP contribution in [0.2, 0.25) is 0 Å². The van der Waals surface area contributed by atoms with Crippen molar-refractivity contribution < 1.29 is 0 Å². The van der Waals surface area contributed by atoms with Crippen molar-refractivity contribution in [3.05, 3.63) is 136 Å². The molecule has 0 heterocycles. The Morgan fingerprint density at radius 2 is 1.18 bits per heavy atom. The van der Waals surface area contributed by atoms with Crippen molar-refractivity contribution in [2.45, 2.75) is 27.7 Å². The molecule has 2 aromatic carbocycles. The minimum atomic E-state index is -0.173. The summed E-state index contributed by atoms with van der Waals surface area (Å²) in [6, 6.07) is 17.6. The van der Waals surface area contributed by atoms with E-state index in [1.807, 2.05) is 0 Å². The third-order valence-corrected chi connectivity index (χ3v) is 7.01. The van der Waals surface area contributed by atoms with Gasteiger partial charge in [-0.15, -0.1) is 12.2 Å². The van der Waals surface area contributed by atoms with Gasteiger partial charge in [-0.05, 0) is 45.2 Å². The first-order valence-corrected chi connectivity index (χ1v) is 12.1. The van der Waals surface area contributed by atoms with Crippen molar-refractivity contribution in [3.8, 4) is 12.3 Å². The summed E-state index contributed by atoms with van der Waals surface area (Å²) in [4.78, 5) is 0. The molecule has 3 aliphatic rings. The van der Waals surface area contributed by atoms with Crippen molar-refractivity contribution in [2.75, 3.05) is 0 Å².